The second-order valence-corrected chi connectivity index (χ2v) is 6.59. The van der Waals surface area contributed by atoms with Crippen molar-refractivity contribution in [2.75, 3.05) is 10.2 Å². The van der Waals surface area contributed by atoms with Gasteiger partial charge in [0, 0.05) is 10.2 Å². The number of hydrogen-bond acceptors (Lipinski definition) is 3. The summed E-state index contributed by atoms with van der Waals surface area (Å²) in [6, 6.07) is 12.7. The molecule has 5 heteroatoms. The third kappa shape index (κ3) is 3.01. The minimum Gasteiger partial charge on any atom is -0.372 e. The predicted octanol–water partition coefficient (Wildman–Crippen LogP) is 3.81. The van der Waals surface area contributed by atoms with Gasteiger partial charge in [-0.25, -0.2) is 4.90 Å². The van der Waals surface area contributed by atoms with Crippen molar-refractivity contribution in [1.29, 1.82) is 0 Å². The topological polar surface area (TPSA) is 49.4 Å². The molecule has 1 aliphatic rings. The van der Waals surface area contributed by atoms with Gasteiger partial charge in [-0.15, -0.1) is 0 Å². The lowest BCUT2D eigenvalue weighted by Gasteiger charge is -2.18. The lowest BCUT2D eigenvalue weighted by atomic mass is 10.1. The van der Waals surface area contributed by atoms with Crippen molar-refractivity contribution in [3.63, 3.8) is 0 Å². The van der Waals surface area contributed by atoms with E-state index in [9.17, 15) is 9.59 Å². The van der Waals surface area contributed by atoms with Crippen LogP contribution in [0.2, 0.25) is 0 Å². The first kappa shape index (κ1) is 15.7. The Morgan fingerprint density at radius 3 is 2.57 bits per heavy atom. The molecule has 1 unspecified atom stereocenters. The number of nitrogens with one attached hydrogen (secondary N) is 1. The Morgan fingerprint density at radius 1 is 1.13 bits per heavy atom. The average Bonchev–Trinajstić information content (AvgIpc) is 2.77. The number of halogens is 1. The normalized spacial score (nSPS) is 17.7. The molecule has 0 aliphatic carbocycles. The van der Waals surface area contributed by atoms with Crippen molar-refractivity contribution in [2.24, 2.45) is 0 Å². The number of aryl methyl sites for hydroxylation is 2. The first-order valence-electron chi connectivity index (χ1n) is 7.42. The summed E-state index contributed by atoms with van der Waals surface area (Å²) in [6.45, 7) is 3.90. The molecule has 1 heterocycles. The number of imide groups is 1. The van der Waals surface area contributed by atoms with Crippen molar-refractivity contribution >= 4 is 39.1 Å². The highest BCUT2D eigenvalue weighted by atomic mass is 79.9. The highest BCUT2D eigenvalue weighted by Gasteiger charge is 2.40. The summed E-state index contributed by atoms with van der Waals surface area (Å²) in [4.78, 5) is 26.4. The van der Waals surface area contributed by atoms with Crippen LogP contribution in [-0.2, 0) is 9.59 Å². The molecule has 118 valence electrons. The van der Waals surface area contributed by atoms with E-state index in [0.29, 0.717) is 5.69 Å². The van der Waals surface area contributed by atoms with Gasteiger partial charge in [-0.1, -0.05) is 29.8 Å². The third-order valence-electron chi connectivity index (χ3n) is 3.94. The van der Waals surface area contributed by atoms with E-state index < -0.39 is 6.04 Å². The Balaban J connectivity index is 1.87. The fraction of sp³-hybridized carbons (Fsp3) is 0.222. The number of carbonyl (C=O) groups excluding carboxylic acids is 2. The number of hydrogen-bond donors (Lipinski definition) is 1. The second kappa shape index (κ2) is 6.16. The van der Waals surface area contributed by atoms with Crippen LogP contribution >= 0.6 is 15.9 Å². The molecular formula is C18H17BrN2O2. The molecule has 0 spiro atoms. The van der Waals surface area contributed by atoms with Crippen LogP contribution in [0.25, 0.3) is 0 Å². The predicted molar refractivity (Wildman–Crippen MR) is 94.6 cm³/mol. The van der Waals surface area contributed by atoms with E-state index in [-0.39, 0.29) is 18.2 Å². The zero-order valence-electron chi connectivity index (χ0n) is 13.0. The van der Waals surface area contributed by atoms with Crippen LogP contribution < -0.4 is 10.2 Å². The lowest BCUT2D eigenvalue weighted by Crippen LogP contribution is -2.35. The number of amides is 2. The Labute approximate surface area is 143 Å². The van der Waals surface area contributed by atoms with Crippen LogP contribution in [0.3, 0.4) is 0 Å². The SMILES string of the molecule is Cc1ccc(N2C(=O)CC(Nc3ccccc3Br)C2=O)c(C)c1. The Morgan fingerprint density at radius 2 is 1.87 bits per heavy atom. The molecule has 2 aromatic carbocycles. The maximum Gasteiger partial charge on any atom is 0.256 e. The third-order valence-corrected chi connectivity index (χ3v) is 4.63. The fourth-order valence-corrected chi connectivity index (χ4v) is 3.22. The lowest BCUT2D eigenvalue weighted by molar-refractivity contribution is -0.121. The fourth-order valence-electron chi connectivity index (χ4n) is 2.82. The maximum atomic E-state index is 12.7. The number of carbonyl (C=O) groups is 2. The van der Waals surface area contributed by atoms with E-state index in [4.69, 9.17) is 0 Å². The summed E-state index contributed by atoms with van der Waals surface area (Å²) < 4.78 is 0.866. The highest BCUT2D eigenvalue weighted by molar-refractivity contribution is 9.10. The average molecular weight is 373 g/mol. The molecule has 0 aromatic heterocycles. The van der Waals surface area contributed by atoms with Gasteiger partial charge in [0.2, 0.25) is 5.91 Å². The molecule has 0 radical (unpaired) electrons. The smallest absolute Gasteiger partial charge is 0.256 e. The highest BCUT2D eigenvalue weighted by Crippen LogP contribution is 2.30. The van der Waals surface area contributed by atoms with Gasteiger partial charge in [-0.3, -0.25) is 9.59 Å². The molecular weight excluding hydrogens is 356 g/mol. The summed E-state index contributed by atoms with van der Waals surface area (Å²) in [5.41, 5.74) is 3.50. The summed E-state index contributed by atoms with van der Waals surface area (Å²) in [5.74, 6) is -0.385. The second-order valence-electron chi connectivity index (χ2n) is 5.74. The molecule has 1 fully saturated rings. The maximum absolute atomic E-state index is 12.7. The zero-order chi connectivity index (χ0) is 16.6. The molecule has 1 N–H and O–H groups in total. The van der Waals surface area contributed by atoms with E-state index in [0.717, 1.165) is 21.3 Å². The number of para-hydroxylation sites is 1. The largest absolute Gasteiger partial charge is 0.372 e. The van der Waals surface area contributed by atoms with Crippen molar-refractivity contribution in [3.8, 4) is 0 Å². The molecule has 3 rings (SSSR count). The summed E-state index contributed by atoms with van der Waals surface area (Å²) >= 11 is 3.45. The summed E-state index contributed by atoms with van der Waals surface area (Å²) in [7, 11) is 0. The summed E-state index contributed by atoms with van der Waals surface area (Å²) in [6.07, 6.45) is 0.160. The first-order chi connectivity index (χ1) is 11.0. The van der Waals surface area contributed by atoms with Crippen molar-refractivity contribution in [1.82, 2.24) is 0 Å². The standard InChI is InChI=1S/C18H17BrN2O2/c1-11-7-8-16(12(2)9-11)21-17(22)10-15(18(21)23)20-14-6-4-3-5-13(14)19/h3-9,15,20H,10H2,1-2H3. The molecule has 1 saturated heterocycles. The van der Waals surface area contributed by atoms with Gasteiger partial charge in [0.15, 0.2) is 0 Å². The number of rotatable bonds is 3. The van der Waals surface area contributed by atoms with Gasteiger partial charge in [0.1, 0.15) is 6.04 Å². The molecule has 1 aliphatic heterocycles. The molecule has 1 atom stereocenters. The Hall–Kier alpha value is -2.14. The number of anilines is 2. The Bertz CT molecular complexity index is 788. The van der Waals surface area contributed by atoms with Gasteiger partial charge >= 0.3 is 0 Å². The minimum absolute atomic E-state index is 0.160. The van der Waals surface area contributed by atoms with Crippen molar-refractivity contribution in [3.05, 3.63) is 58.1 Å². The van der Waals surface area contributed by atoms with Crippen LogP contribution in [-0.4, -0.2) is 17.9 Å². The number of nitrogens with zero attached hydrogens (tertiary/aromatic N) is 1. The van der Waals surface area contributed by atoms with Crippen LogP contribution in [0, 0.1) is 13.8 Å². The minimum atomic E-state index is -0.540. The van der Waals surface area contributed by atoms with E-state index in [2.05, 4.69) is 21.2 Å². The molecule has 2 amide bonds. The van der Waals surface area contributed by atoms with Crippen LogP contribution in [0.1, 0.15) is 17.5 Å². The Kier molecular flexibility index (Phi) is 4.22. The van der Waals surface area contributed by atoms with Crippen molar-refractivity contribution < 1.29 is 9.59 Å². The van der Waals surface area contributed by atoms with Gasteiger partial charge < -0.3 is 5.32 Å². The first-order valence-corrected chi connectivity index (χ1v) is 8.22. The van der Waals surface area contributed by atoms with Gasteiger partial charge in [-0.05, 0) is 53.5 Å². The van der Waals surface area contributed by atoms with Crippen LogP contribution in [0.15, 0.2) is 46.9 Å². The van der Waals surface area contributed by atoms with Crippen LogP contribution in [0.5, 0.6) is 0 Å². The van der Waals surface area contributed by atoms with Crippen LogP contribution in [0.4, 0.5) is 11.4 Å². The zero-order valence-corrected chi connectivity index (χ0v) is 14.6. The quantitative estimate of drug-likeness (QED) is 0.833. The monoisotopic (exact) mass is 372 g/mol. The molecule has 4 nitrogen and oxygen atoms in total. The molecule has 0 saturated carbocycles. The van der Waals surface area contributed by atoms with Crippen molar-refractivity contribution in [2.45, 2.75) is 26.3 Å². The van der Waals surface area contributed by atoms with E-state index in [1.54, 1.807) is 0 Å². The van der Waals surface area contributed by atoms with Gasteiger partial charge in [0.25, 0.3) is 5.91 Å². The number of benzene rings is 2. The van der Waals surface area contributed by atoms with E-state index >= 15 is 0 Å². The van der Waals surface area contributed by atoms with E-state index in [1.807, 2.05) is 56.3 Å². The van der Waals surface area contributed by atoms with Gasteiger partial charge in [-0.2, -0.15) is 0 Å². The van der Waals surface area contributed by atoms with Gasteiger partial charge in [0.05, 0.1) is 12.1 Å². The molecule has 23 heavy (non-hydrogen) atoms. The molecule has 0 bridgehead atoms. The van der Waals surface area contributed by atoms with E-state index in [1.165, 1.54) is 4.90 Å². The summed E-state index contributed by atoms with van der Waals surface area (Å²) in [5, 5.41) is 3.16. The molecule has 2 aromatic rings.